The van der Waals surface area contributed by atoms with Crippen LogP contribution in [0.25, 0.3) is 10.4 Å². The van der Waals surface area contributed by atoms with Crippen LogP contribution in [0.4, 0.5) is 0 Å². The maximum Gasteiger partial charge on any atom is 0.264 e. The van der Waals surface area contributed by atoms with Gasteiger partial charge in [-0.2, -0.15) is 0 Å². The summed E-state index contributed by atoms with van der Waals surface area (Å²) in [6, 6.07) is 6.83. The number of hydrogen-bond donors (Lipinski definition) is 0. The van der Waals surface area contributed by atoms with Gasteiger partial charge in [-0.05, 0) is 50.1 Å². The van der Waals surface area contributed by atoms with Gasteiger partial charge in [0.1, 0.15) is 11.7 Å². The third-order valence-corrected chi connectivity index (χ3v) is 6.08. The van der Waals surface area contributed by atoms with Crippen LogP contribution in [-0.4, -0.2) is 43.7 Å². The first kappa shape index (κ1) is 20.5. The maximum absolute atomic E-state index is 11.5. The molecule has 0 bridgehead atoms. The van der Waals surface area contributed by atoms with E-state index in [1.54, 1.807) is 12.1 Å². The van der Waals surface area contributed by atoms with Crippen LogP contribution >= 0.6 is 0 Å². The van der Waals surface area contributed by atoms with Gasteiger partial charge in [-0.3, -0.25) is 0 Å². The van der Waals surface area contributed by atoms with E-state index < -0.39 is 19.5 Å². The molecule has 0 N–H and O–H groups in total. The van der Waals surface area contributed by atoms with Crippen LogP contribution < -0.4 is 4.74 Å². The largest absolute Gasteiger partial charge is 0.494 e. The topological polar surface area (TPSA) is 111 Å². The Labute approximate surface area is 144 Å². The summed E-state index contributed by atoms with van der Waals surface area (Å²) >= 11 is 0. The zero-order chi connectivity index (χ0) is 17.8. The summed E-state index contributed by atoms with van der Waals surface area (Å²) in [4.78, 5) is 2.25. The Morgan fingerprint density at radius 3 is 2.38 bits per heavy atom. The molecule has 0 aliphatic rings. The molecular formula is C14H23N3O5SSi. The second kappa shape index (κ2) is 11.1. The van der Waals surface area contributed by atoms with E-state index in [0.717, 1.165) is 12.5 Å². The quantitative estimate of drug-likeness (QED) is 0.139. The van der Waals surface area contributed by atoms with Crippen molar-refractivity contribution in [1.82, 2.24) is 0 Å². The highest BCUT2D eigenvalue weighted by atomic mass is 32.2. The van der Waals surface area contributed by atoms with Crippen LogP contribution in [-0.2, 0) is 19.5 Å². The van der Waals surface area contributed by atoms with Crippen molar-refractivity contribution >= 4 is 19.5 Å². The lowest BCUT2D eigenvalue weighted by molar-refractivity contribution is -0.0828. The van der Waals surface area contributed by atoms with Gasteiger partial charge in [0, 0.05) is 22.6 Å². The van der Waals surface area contributed by atoms with Crippen LogP contribution in [0.3, 0.4) is 0 Å². The van der Waals surface area contributed by atoms with E-state index in [9.17, 15) is 8.42 Å². The molecule has 0 saturated carbocycles. The lowest BCUT2D eigenvalue weighted by Crippen LogP contribution is -2.24. The molecule has 0 amide bonds. The first-order valence-electron chi connectivity index (χ1n) is 7.81. The maximum atomic E-state index is 11.5. The molecule has 0 aliphatic carbocycles. The number of azide groups is 1. The second-order valence-electron chi connectivity index (χ2n) is 4.80. The molecule has 0 radical (unpaired) electrons. The molecule has 0 unspecified atom stereocenters. The molecule has 0 aliphatic heterocycles. The Hall–Kier alpha value is -1.58. The molecule has 0 aromatic heterocycles. The zero-order valence-electron chi connectivity index (χ0n) is 13.9. The number of ether oxygens (including phenoxy) is 3. The number of sulfonamides is 1. The number of nitrogens with zero attached hydrogens (tertiary/aromatic N) is 3. The van der Waals surface area contributed by atoms with Gasteiger partial charge >= 0.3 is 0 Å². The van der Waals surface area contributed by atoms with E-state index in [2.05, 4.69) is 9.43 Å². The summed E-state index contributed by atoms with van der Waals surface area (Å²) in [6.07, 6.45) is 0.891. The smallest absolute Gasteiger partial charge is 0.264 e. The molecule has 1 rings (SSSR count). The molecule has 8 nitrogen and oxygen atoms in total. The van der Waals surface area contributed by atoms with Crippen molar-refractivity contribution in [3.05, 3.63) is 34.7 Å². The number of hydrogen-bond acceptors (Lipinski definition) is 5. The van der Waals surface area contributed by atoms with Crippen LogP contribution in [0, 0.1) is 0 Å². The Kier molecular flexibility index (Phi) is 9.43. The van der Waals surface area contributed by atoms with Crippen LogP contribution in [0.2, 0.25) is 6.04 Å². The zero-order valence-corrected chi connectivity index (χ0v) is 16.2. The number of benzene rings is 1. The number of rotatable bonds is 12. The Bertz CT molecular complexity index is 626. The molecule has 0 fully saturated rings. The van der Waals surface area contributed by atoms with Crippen molar-refractivity contribution in [2.45, 2.75) is 37.1 Å². The van der Waals surface area contributed by atoms with Gasteiger partial charge in [-0.15, -0.1) is 0 Å². The van der Waals surface area contributed by atoms with Gasteiger partial charge < -0.3 is 14.2 Å². The van der Waals surface area contributed by atoms with Gasteiger partial charge in [0.2, 0.25) is 0 Å². The third kappa shape index (κ3) is 7.32. The Morgan fingerprint density at radius 2 is 1.83 bits per heavy atom. The van der Waals surface area contributed by atoms with Crippen molar-refractivity contribution in [3.63, 3.8) is 0 Å². The van der Waals surface area contributed by atoms with Crippen molar-refractivity contribution in [3.8, 4) is 5.75 Å². The summed E-state index contributed by atoms with van der Waals surface area (Å²) in [5.74, 6) is 0.535. The van der Waals surface area contributed by atoms with E-state index in [1.165, 1.54) is 12.1 Å². The fourth-order valence-electron chi connectivity index (χ4n) is 1.99. The monoisotopic (exact) mass is 373 g/mol. The average Bonchev–Trinajstić information content (AvgIpc) is 2.55. The normalized spacial score (nSPS) is 11.8. The fraction of sp³-hybridized carbons (Fsp3) is 0.571. The lowest BCUT2D eigenvalue weighted by Gasteiger charge is -2.16. The molecule has 1 aromatic rings. The van der Waals surface area contributed by atoms with E-state index in [1.807, 2.05) is 13.8 Å². The molecule has 0 atom stereocenters. The molecule has 0 saturated heterocycles. The molecule has 1 aromatic carbocycles. The highest BCUT2D eigenvalue weighted by molar-refractivity contribution is 7.90. The first-order valence-corrected chi connectivity index (χ1v) is 11.1. The Balaban J connectivity index is 2.37. The third-order valence-electron chi connectivity index (χ3n) is 3.07. The van der Waals surface area contributed by atoms with Gasteiger partial charge in [-0.1, -0.05) is 6.04 Å². The minimum absolute atomic E-state index is 0.0369. The molecule has 0 heterocycles. The second-order valence-corrected chi connectivity index (χ2v) is 8.34. The van der Waals surface area contributed by atoms with Gasteiger partial charge in [-0.25, -0.2) is 8.42 Å². The average molecular weight is 374 g/mol. The SMILES string of the molecule is CCOC(OCC)[SiH2]CCCOc1ccc(S(=O)(=O)N=[N+]=[N-])cc1. The van der Waals surface area contributed by atoms with Crippen LogP contribution in [0.1, 0.15) is 20.3 Å². The summed E-state index contributed by atoms with van der Waals surface area (Å²) in [6.45, 7) is 5.75. The van der Waals surface area contributed by atoms with E-state index in [4.69, 9.17) is 19.7 Å². The van der Waals surface area contributed by atoms with E-state index in [-0.39, 0.29) is 10.8 Å². The van der Waals surface area contributed by atoms with E-state index in [0.29, 0.717) is 25.6 Å². The van der Waals surface area contributed by atoms with Crippen LogP contribution in [0.15, 0.2) is 33.7 Å². The van der Waals surface area contributed by atoms with Crippen molar-refractivity contribution in [2.75, 3.05) is 19.8 Å². The van der Waals surface area contributed by atoms with E-state index >= 15 is 0 Å². The summed E-state index contributed by atoms with van der Waals surface area (Å²) < 4.78 is 42.5. The first-order chi connectivity index (χ1) is 11.5. The standard InChI is InChI=1S/C14H23N3O5SSi/c1-3-20-14(21-4-2)24-11-5-10-22-12-6-8-13(9-7-12)23(18,19)17-16-15/h6-9,14H,3-5,10-11,24H2,1-2H3. The minimum Gasteiger partial charge on any atom is -0.494 e. The highest BCUT2D eigenvalue weighted by Crippen LogP contribution is 2.18. The lowest BCUT2D eigenvalue weighted by atomic mass is 10.3. The van der Waals surface area contributed by atoms with Gasteiger partial charge in [0.05, 0.1) is 21.0 Å². The van der Waals surface area contributed by atoms with Gasteiger partial charge in [0.25, 0.3) is 10.0 Å². The predicted molar refractivity (Wildman–Crippen MR) is 93.3 cm³/mol. The summed E-state index contributed by atoms with van der Waals surface area (Å²) in [7, 11) is -4.42. The molecule has 24 heavy (non-hydrogen) atoms. The molecule has 134 valence electrons. The molecular weight excluding hydrogens is 350 g/mol. The minimum atomic E-state index is -3.95. The Morgan fingerprint density at radius 1 is 1.21 bits per heavy atom. The highest BCUT2D eigenvalue weighted by Gasteiger charge is 2.11. The summed E-state index contributed by atoms with van der Waals surface area (Å²) in [5, 5.41) is 0. The van der Waals surface area contributed by atoms with Crippen molar-refractivity contribution in [2.24, 2.45) is 4.52 Å². The van der Waals surface area contributed by atoms with Crippen molar-refractivity contribution < 1.29 is 22.6 Å². The van der Waals surface area contributed by atoms with Crippen LogP contribution in [0.5, 0.6) is 5.75 Å². The fourth-order valence-corrected chi connectivity index (χ4v) is 4.29. The molecule has 10 heteroatoms. The molecule has 0 spiro atoms. The summed E-state index contributed by atoms with van der Waals surface area (Å²) in [5.41, 5.74) is 8.23. The predicted octanol–water partition coefficient (Wildman–Crippen LogP) is 2.40. The van der Waals surface area contributed by atoms with Gasteiger partial charge in [0.15, 0.2) is 0 Å². The van der Waals surface area contributed by atoms with Crippen molar-refractivity contribution in [1.29, 1.82) is 0 Å².